The van der Waals surface area contributed by atoms with Crippen LogP contribution in [0.3, 0.4) is 0 Å². The first-order valence-corrected chi connectivity index (χ1v) is 6.19. The molecule has 1 aliphatic rings. The van der Waals surface area contributed by atoms with Gasteiger partial charge in [-0.1, -0.05) is 27.7 Å². The highest BCUT2D eigenvalue weighted by molar-refractivity contribution is 8.00. The van der Waals surface area contributed by atoms with Gasteiger partial charge in [0.2, 0.25) is 0 Å². The van der Waals surface area contributed by atoms with Gasteiger partial charge in [-0.3, -0.25) is 0 Å². The molecule has 0 spiro atoms. The van der Waals surface area contributed by atoms with Crippen LogP contribution in [0.15, 0.2) is 0 Å². The molecule has 1 heteroatoms. The molecule has 0 amide bonds. The van der Waals surface area contributed by atoms with Crippen LogP contribution in [0.4, 0.5) is 0 Å². The highest BCUT2D eigenvalue weighted by Gasteiger charge is 2.32. The zero-order valence-corrected chi connectivity index (χ0v) is 9.66. The van der Waals surface area contributed by atoms with E-state index in [0.717, 1.165) is 22.3 Å². The van der Waals surface area contributed by atoms with Gasteiger partial charge in [-0.25, -0.2) is 0 Å². The number of hydrogen-bond acceptors (Lipinski definition) is 1. The Morgan fingerprint density at radius 3 is 2.08 bits per heavy atom. The van der Waals surface area contributed by atoms with Crippen LogP contribution in [0.5, 0.6) is 0 Å². The maximum absolute atomic E-state index is 2.34. The lowest BCUT2D eigenvalue weighted by Crippen LogP contribution is -2.12. The Morgan fingerprint density at radius 1 is 1.17 bits per heavy atom. The Balaban J connectivity index is 2.27. The van der Waals surface area contributed by atoms with Crippen LogP contribution in [-0.4, -0.2) is 10.5 Å². The summed E-state index contributed by atoms with van der Waals surface area (Å²) in [5, 5.41) is 1.78. The van der Waals surface area contributed by atoms with Crippen molar-refractivity contribution >= 4 is 11.8 Å². The summed E-state index contributed by atoms with van der Waals surface area (Å²) in [5.41, 5.74) is 0. The molecule has 1 rings (SSSR count). The third kappa shape index (κ3) is 3.84. The van der Waals surface area contributed by atoms with E-state index in [4.69, 9.17) is 0 Å². The van der Waals surface area contributed by atoms with E-state index in [2.05, 4.69) is 39.5 Å². The molecule has 0 aromatic carbocycles. The first-order chi connectivity index (χ1) is 5.59. The first-order valence-electron chi connectivity index (χ1n) is 5.25. The summed E-state index contributed by atoms with van der Waals surface area (Å²) in [6, 6.07) is 0. The molecule has 1 fully saturated rings. The second kappa shape index (κ2) is 4.55. The second-order valence-corrected chi connectivity index (χ2v) is 6.51. The van der Waals surface area contributed by atoms with Crippen molar-refractivity contribution in [2.45, 2.75) is 57.5 Å². The zero-order valence-electron chi connectivity index (χ0n) is 8.84. The van der Waals surface area contributed by atoms with Crippen molar-refractivity contribution in [1.29, 1.82) is 0 Å². The van der Waals surface area contributed by atoms with Crippen LogP contribution in [0.2, 0.25) is 0 Å². The molecule has 12 heavy (non-hydrogen) atoms. The van der Waals surface area contributed by atoms with Crippen LogP contribution in [0.25, 0.3) is 0 Å². The first kappa shape index (κ1) is 10.4. The molecule has 0 saturated heterocycles. The molecule has 0 aromatic heterocycles. The lowest BCUT2D eigenvalue weighted by Gasteiger charge is -2.19. The minimum atomic E-state index is 0.814. The third-order valence-corrected chi connectivity index (χ3v) is 3.77. The van der Waals surface area contributed by atoms with Gasteiger partial charge in [-0.05, 0) is 36.3 Å². The van der Waals surface area contributed by atoms with E-state index in [1.54, 1.807) is 0 Å². The van der Waals surface area contributed by atoms with E-state index in [1.165, 1.54) is 19.3 Å². The Hall–Kier alpha value is 0.350. The van der Waals surface area contributed by atoms with Crippen LogP contribution >= 0.6 is 11.8 Å². The molecular weight excluding hydrogens is 164 g/mol. The molecular formula is C11H22S. The monoisotopic (exact) mass is 186 g/mol. The minimum absolute atomic E-state index is 0.814. The quantitative estimate of drug-likeness (QED) is 0.626. The molecule has 72 valence electrons. The molecule has 0 aromatic rings. The van der Waals surface area contributed by atoms with E-state index in [9.17, 15) is 0 Å². The van der Waals surface area contributed by atoms with Crippen molar-refractivity contribution in [2.75, 3.05) is 0 Å². The average Bonchev–Trinajstić information content (AvgIpc) is 2.63. The molecule has 0 radical (unpaired) electrons. The standard InChI is InChI=1S/C11H22S/c1-8(2)7-11(10-5-6-10)12-9(3)4/h8-11H,5-7H2,1-4H3/t11-/m1/s1. The Labute approximate surface area is 81.5 Å². The number of thioether (sulfide) groups is 1. The Bertz CT molecular complexity index is 115. The normalized spacial score (nSPS) is 20.5. The molecule has 1 atom stereocenters. The highest BCUT2D eigenvalue weighted by atomic mass is 32.2. The van der Waals surface area contributed by atoms with Gasteiger partial charge in [0.15, 0.2) is 0 Å². The second-order valence-electron chi connectivity index (χ2n) is 4.69. The van der Waals surface area contributed by atoms with Crippen molar-refractivity contribution in [3.8, 4) is 0 Å². The fourth-order valence-corrected chi connectivity index (χ4v) is 3.33. The molecule has 1 saturated carbocycles. The predicted octanol–water partition coefficient (Wildman–Crippen LogP) is 3.95. The zero-order chi connectivity index (χ0) is 9.14. The van der Waals surface area contributed by atoms with E-state index in [0.29, 0.717) is 0 Å². The lowest BCUT2D eigenvalue weighted by atomic mass is 10.1. The van der Waals surface area contributed by atoms with Gasteiger partial charge in [0.05, 0.1) is 0 Å². The van der Waals surface area contributed by atoms with Gasteiger partial charge in [0.25, 0.3) is 0 Å². The lowest BCUT2D eigenvalue weighted by molar-refractivity contribution is 0.539. The van der Waals surface area contributed by atoms with Gasteiger partial charge in [-0.15, -0.1) is 0 Å². The highest BCUT2D eigenvalue weighted by Crippen LogP contribution is 2.42. The summed E-state index contributed by atoms with van der Waals surface area (Å²) in [7, 11) is 0. The van der Waals surface area contributed by atoms with E-state index >= 15 is 0 Å². The molecule has 1 aliphatic carbocycles. The number of rotatable bonds is 5. The summed E-state index contributed by atoms with van der Waals surface area (Å²) in [4.78, 5) is 0. The summed E-state index contributed by atoms with van der Waals surface area (Å²) < 4.78 is 0. The minimum Gasteiger partial charge on any atom is -0.155 e. The van der Waals surface area contributed by atoms with Gasteiger partial charge in [0, 0.05) is 5.25 Å². The Kier molecular flexibility index (Phi) is 3.95. The summed E-state index contributed by atoms with van der Waals surface area (Å²) in [6.45, 7) is 9.33. The van der Waals surface area contributed by atoms with E-state index < -0.39 is 0 Å². The van der Waals surface area contributed by atoms with Crippen molar-refractivity contribution < 1.29 is 0 Å². The van der Waals surface area contributed by atoms with Crippen LogP contribution in [-0.2, 0) is 0 Å². The Morgan fingerprint density at radius 2 is 1.75 bits per heavy atom. The third-order valence-electron chi connectivity index (χ3n) is 2.30. The number of hydrogen-bond donors (Lipinski definition) is 0. The summed E-state index contributed by atoms with van der Waals surface area (Å²) >= 11 is 2.20. The molecule has 0 bridgehead atoms. The van der Waals surface area contributed by atoms with Crippen molar-refractivity contribution in [2.24, 2.45) is 11.8 Å². The predicted molar refractivity (Wildman–Crippen MR) is 58.7 cm³/mol. The SMILES string of the molecule is CC(C)C[C@@H](SC(C)C)C1CC1. The van der Waals surface area contributed by atoms with Crippen molar-refractivity contribution in [1.82, 2.24) is 0 Å². The molecule has 0 aliphatic heterocycles. The fourth-order valence-electron chi connectivity index (χ4n) is 1.64. The van der Waals surface area contributed by atoms with E-state index in [-0.39, 0.29) is 0 Å². The van der Waals surface area contributed by atoms with Crippen molar-refractivity contribution in [3.63, 3.8) is 0 Å². The maximum atomic E-state index is 2.34. The smallest absolute Gasteiger partial charge is 0.00803 e. The van der Waals surface area contributed by atoms with Crippen LogP contribution < -0.4 is 0 Å². The molecule has 0 N–H and O–H groups in total. The van der Waals surface area contributed by atoms with Gasteiger partial charge >= 0.3 is 0 Å². The molecule has 0 nitrogen and oxygen atoms in total. The maximum Gasteiger partial charge on any atom is 0.00803 e. The average molecular weight is 186 g/mol. The van der Waals surface area contributed by atoms with Crippen LogP contribution in [0.1, 0.15) is 47.0 Å². The van der Waals surface area contributed by atoms with E-state index in [1.807, 2.05) is 0 Å². The van der Waals surface area contributed by atoms with Gasteiger partial charge in [-0.2, -0.15) is 11.8 Å². The molecule has 0 unspecified atom stereocenters. The van der Waals surface area contributed by atoms with Gasteiger partial charge in [0.1, 0.15) is 0 Å². The van der Waals surface area contributed by atoms with Crippen molar-refractivity contribution in [3.05, 3.63) is 0 Å². The van der Waals surface area contributed by atoms with Gasteiger partial charge < -0.3 is 0 Å². The fraction of sp³-hybridized carbons (Fsp3) is 1.00. The van der Waals surface area contributed by atoms with Crippen LogP contribution in [0, 0.1) is 11.8 Å². The molecule has 0 heterocycles. The topological polar surface area (TPSA) is 0 Å². The largest absolute Gasteiger partial charge is 0.155 e. The summed E-state index contributed by atoms with van der Waals surface area (Å²) in [6.07, 6.45) is 4.42. The summed E-state index contributed by atoms with van der Waals surface area (Å²) in [5.74, 6) is 1.95.